The third kappa shape index (κ3) is 4.74. The molecule has 1 N–H and O–H groups in total. The van der Waals surface area contributed by atoms with Crippen LogP contribution in [0.5, 0.6) is 0 Å². The Labute approximate surface area is 178 Å². The largest absolute Gasteiger partial charge is 0.418 e. The summed E-state index contributed by atoms with van der Waals surface area (Å²) in [6.45, 7) is 1.64. The van der Waals surface area contributed by atoms with Crippen molar-refractivity contribution in [2.75, 3.05) is 25.0 Å². The lowest BCUT2D eigenvalue weighted by Crippen LogP contribution is -2.53. The number of para-hydroxylation sites is 1. The van der Waals surface area contributed by atoms with Crippen molar-refractivity contribution in [3.63, 3.8) is 0 Å². The second-order valence-electron chi connectivity index (χ2n) is 8.02. The number of fused-ring (bicyclic) bond motifs is 1. The third-order valence-electron chi connectivity index (χ3n) is 5.90. The Morgan fingerprint density at radius 2 is 1.61 bits per heavy atom. The van der Waals surface area contributed by atoms with Crippen molar-refractivity contribution >= 4 is 17.5 Å². The van der Waals surface area contributed by atoms with E-state index in [-0.39, 0.29) is 18.1 Å². The maximum atomic E-state index is 13.3. The molecule has 0 unspecified atom stereocenters. The second kappa shape index (κ2) is 8.70. The van der Waals surface area contributed by atoms with Gasteiger partial charge in [-0.3, -0.25) is 14.5 Å². The van der Waals surface area contributed by atoms with Gasteiger partial charge in [-0.1, -0.05) is 36.4 Å². The van der Waals surface area contributed by atoms with E-state index in [4.69, 9.17) is 0 Å². The van der Waals surface area contributed by atoms with Gasteiger partial charge in [-0.05, 0) is 42.5 Å². The molecule has 1 fully saturated rings. The number of hydrogen-bond acceptors (Lipinski definition) is 3. The fraction of sp³-hybridized carbons (Fsp3) is 0.391. The number of amides is 2. The molecule has 0 spiro atoms. The molecule has 0 aromatic heterocycles. The number of nitrogens with one attached hydrogen (secondary N) is 1. The first-order valence-electron chi connectivity index (χ1n) is 10.4. The molecule has 31 heavy (non-hydrogen) atoms. The smallest absolute Gasteiger partial charge is 0.341 e. The highest BCUT2D eigenvalue weighted by molar-refractivity contribution is 5.94. The lowest BCUT2D eigenvalue weighted by atomic mass is 9.93. The number of anilines is 1. The van der Waals surface area contributed by atoms with E-state index in [2.05, 4.69) is 5.32 Å². The maximum absolute atomic E-state index is 13.3. The molecule has 1 atom stereocenters. The minimum absolute atomic E-state index is 0.0181. The van der Waals surface area contributed by atoms with Crippen LogP contribution in [0, 0.1) is 0 Å². The van der Waals surface area contributed by atoms with Gasteiger partial charge in [0.05, 0.1) is 23.8 Å². The highest BCUT2D eigenvalue weighted by Gasteiger charge is 2.37. The number of carbonyl (C=O) groups excluding carboxylic acids is 2. The second-order valence-corrected chi connectivity index (χ2v) is 8.02. The van der Waals surface area contributed by atoms with Crippen LogP contribution >= 0.6 is 0 Å². The van der Waals surface area contributed by atoms with Crippen molar-refractivity contribution in [2.24, 2.45) is 0 Å². The molecule has 2 heterocycles. The van der Waals surface area contributed by atoms with Crippen LogP contribution in [-0.4, -0.2) is 47.3 Å². The van der Waals surface area contributed by atoms with E-state index in [1.165, 1.54) is 18.2 Å². The number of halogens is 3. The molecule has 4 rings (SSSR count). The molecule has 0 aliphatic carbocycles. The standard InChI is InChI=1S/C23H24F3N3O2/c24-23(25,26)18-9-3-4-10-19(18)27-21(30)15-29-14-17-8-2-1-7-16(17)13-20(29)22(31)28-11-5-6-12-28/h1-4,7-10,20H,5-6,11-15H2,(H,27,30)/t20-/m0/s1. The summed E-state index contributed by atoms with van der Waals surface area (Å²) < 4.78 is 39.8. The first-order valence-corrected chi connectivity index (χ1v) is 10.4. The van der Waals surface area contributed by atoms with Crippen LogP contribution in [0.4, 0.5) is 18.9 Å². The fourth-order valence-corrected chi connectivity index (χ4v) is 4.35. The molecule has 2 aliphatic rings. The highest BCUT2D eigenvalue weighted by atomic mass is 19.4. The molecule has 2 aromatic carbocycles. The maximum Gasteiger partial charge on any atom is 0.418 e. The first kappa shape index (κ1) is 21.4. The average molecular weight is 431 g/mol. The van der Waals surface area contributed by atoms with Crippen LogP contribution in [0.1, 0.15) is 29.5 Å². The molecule has 0 saturated carbocycles. The van der Waals surface area contributed by atoms with Crippen LogP contribution in [0.25, 0.3) is 0 Å². The predicted molar refractivity (Wildman–Crippen MR) is 110 cm³/mol. The van der Waals surface area contributed by atoms with Crippen molar-refractivity contribution < 1.29 is 22.8 Å². The van der Waals surface area contributed by atoms with Gasteiger partial charge < -0.3 is 10.2 Å². The molecule has 0 bridgehead atoms. The van der Waals surface area contributed by atoms with E-state index in [1.54, 1.807) is 4.90 Å². The Bertz CT molecular complexity index is 971. The predicted octanol–water partition coefficient (Wildman–Crippen LogP) is 3.69. The molecule has 5 nitrogen and oxygen atoms in total. The van der Waals surface area contributed by atoms with Crippen LogP contribution < -0.4 is 5.32 Å². The topological polar surface area (TPSA) is 52.7 Å². The van der Waals surface area contributed by atoms with E-state index in [1.807, 2.05) is 29.2 Å². The van der Waals surface area contributed by atoms with Gasteiger partial charge in [0.2, 0.25) is 11.8 Å². The zero-order chi connectivity index (χ0) is 22.0. The normalized spacial score (nSPS) is 19.2. The summed E-state index contributed by atoms with van der Waals surface area (Å²) in [5.41, 5.74) is 0.924. The third-order valence-corrected chi connectivity index (χ3v) is 5.90. The molecule has 2 aromatic rings. The number of nitrogens with zero attached hydrogens (tertiary/aromatic N) is 2. The van der Waals surface area contributed by atoms with Crippen molar-refractivity contribution in [1.82, 2.24) is 9.80 Å². The van der Waals surface area contributed by atoms with Crippen LogP contribution in [-0.2, 0) is 28.7 Å². The zero-order valence-electron chi connectivity index (χ0n) is 17.0. The monoisotopic (exact) mass is 431 g/mol. The number of rotatable bonds is 4. The summed E-state index contributed by atoms with van der Waals surface area (Å²) >= 11 is 0. The lowest BCUT2D eigenvalue weighted by molar-refractivity contribution is -0.137. The molecule has 1 saturated heterocycles. The number of benzene rings is 2. The number of likely N-dealkylation sites (tertiary alicyclic amines) is 1. The Hall–Kier alpha value is -2.87. The van der Waals surface area contributed by atoms with E-state index < -0.39 is 23.7 Å². The Balaban J connectivity index is 1.53. The van der Waals surface area contributed by atoms with Crippen molar-refractivity contribution in [3.8, 4) is 0 Å². The van der Waals surface area contributed by atoms with Crippen molar-refractivity contribution in [3.05, 3.63) is 65.2 Å². The summed E-state index contributed by atoms with van der Waals surface area (Å²) in [5, 5.41) is 2.39. The molecule has 2 aliphatic heterocycles. The van der Waals surface area contributed by atoms with Crippen molar-refractivity contribution in [1.29, 1.82) is 0 Å². The van der Waals surface area contributed by atoms with Gasteiger partial charge in [-0.25, -0.2) is 0 Å². The average Bonchev–Trinajstić information content (AvgIpc) is 3.27. The summed E-state index contributed by atoms with van der Waals surface area (Å²) in [7, 11) is 0. The van der Waals surface area contributed by atoms with Crippen LogP contribution in [0.15, 0.2) is 48.5 Å². The quantitative estimate of drug-likeness (QED) is 0.804. The summed E-state index contributed by atoms with van der Waals surface area (Å²) in [6.07, 6.45) is -2.16. The fourth-order valence-electron chi connectivity index (χ4n) is 4.35. The highest BCUT2D eigenvalue weighted by Crippen LogP contribution is 2.34. The molecule has 2 amide bonds. The Morgan fingerprint density at radius 1 is 0.968 bits per heavy atom. The summed E-state index contributed by atoms with van der Waals surface area (Å²) in [5.74, 6) is -0.592. The summed E-state index contributed by atoms with van der Waals surface area (Å²) in [4.78, 5) is 29.5. The van der Waals surface area contributed by atoms with Gasteiger partial charge in [-0.15, -0.1) is 0 Å². The molecule has 8 heteroatoms. The molecular weight excluding hydrogens is 407 g/mol. The summed E-state index contributed by atoms with van der Waals surface area (Å²) in [6, 6.07) is 12.2. The van der Waals surface area contributed by atoms with Gasteiger partial charge in [0.15, 0.2) is 0 Å². The Morgan fingerprint density at radius 3 is 2.32 bits per heavy atom. The molecule has 164 valence electrons. The number of alkyl halides is 3. The van der Waals surface area contributed by atoms with E-state index >= 15 is 0 Å². The minimum Gasteiger partial charge on any atom is -0.341 e. The van der Waals surface area contributed by atoms with Gasteiger partial charge >= 0.3 is 6.18 Å². The van der Waals surface area contributed by atoms with Crippen LogP contribution in [0.2, 0.25) is 0 Å². The number of carbonyl (C=O) groups is 2. The first-order chi connectivity index (χ1) is 14.8. The van der Waals surface area contributed by atoms with E-state index in [0.29, 0.717) is 26.1 Å². The van der Waals surface area contributed by atoms with Crippen LogP contribution in [0.3, 0.4) is 0 Å². The van der Waals surface area contributed by atoms with E-state index in [0.717, 1.165) is 30.0 Å². The SMILES string of the molecule is O=C(CN1Cc2ccccc2C[C@H]1C(=O)N1CCCC1)Nc1ccccc1C(F)(F)F. The molecule has 0 radical (unpaired) electrons. The molecular formula is C23H24F3N3O2. The zero-order valence-corrected chi connectivity index (χ0v) is 17.0. The van der Waals surface area contributed by atoms with Gasteiger partial charge in [0, 0.05) is 19.6 Å². The van der Waals surface area contributed by atoms with Gasteiger partial charge in [0.25, 0.3) is 0 Å². The minimum atomic E-state index is -4.57. The van der Waals surface area contributed by atoms with Gasteiger partial charge in [-0.2, -0.15) is 13.2 Å². The number of hydrogen-bond donors (Lipinski definition) is 1. The lowest BCUT2D eigenvalue weighted by Gasteiger charge is -2.37. The Kier molecular flexibility index (Phi) is 6.00. The van der Waals surface area contributed by atoms with Crippen molar-refractivity contribution in [2.45, 2.75) is 38.0 Å². The van der Waals surface area contributed by atoms with Gasteiger partial charge in [0.1, 0.15) is 0 Å². The van der Waals surface area contributed by atoms with E-state index in [9.17, 15) is 22.8 Å².